The fourth-order valence-electron chi connectivity index (χ4n) is 0.291. The van der Waals surface area contributed by atoms with Crippen LogP contribution in [0.1, 0.15) is 0 Å². The summed E-state index contributed by atoms with van der Waals surface area (Å²) in [6, 6.07) is 0. The van der Waals surface area contributed by atoms with E-state index in [2.05, 4.69) is 0 Å². The summed E-state index contributed by atoms with van der Waals surface area (Å²) in [6.45, 7) is -3.06. The van der Waals surface area contributed by atoms with Crippen molar-refractivity contribution in [1.82, 2.24) is 0 Å². The molecule has 10 heteroatoms. The number of halogens is 8. The summed E-state index contributed by atoms with van der Waals surface area (Å²) in [5, 5.41) is 0. The van der Waals surface area contributed by atoms with Crippen molar-refractivity contribution in [1.29, 1.82) is 0 Å². The van der Waals surface area contributed by atoms with Crippen molar-refractivity contribution < 1.29 is 35.1 Å². The molecule has 0 bridgehead atoms. The van der Waals surface area contributed by atoms with Crippen molar-refractivity contribution in [3.8, 4) is 0 Å². The van der Waals surface area contributed by atoms with Gasteiger partial charge in [-0.3, -0.25) is 0 Å². The van der Waals surface area contributed by atoms with Gasteiger partial charge in [-0.15, -0.1) is 0 Å². The molecule has 0 saturated heterocycles. The summed E-state index contributed by atoms with van der Waals surface area (Å²) in [5.74, 6) is -12.0. The predicted octanol–water partition coefficient (Wildman–Crippen LogP) is 1.49. The second-order valence-corrected chi connectivity index (χ2v) is 1.91. The third-order valence-electron chi connectivity index (χ3n) is 0.983. The fourth-order valence-corrected chi connectivity index (χ4v) is 0.291. The minimum atomic E-state index is -6.44. The van der Waals surface area contributed by atoms with Crippen LogP contribution in [0.4, 0.5) is 35.1 Å². The van der Waals surface area contributed by atoms with Gasteiger partial charge < -0.3 is 0 Å². The maximum atomic E-state index is 11.6. The molecule has 0 aromatic carbocycles. The molecule has 14 heavy (non-hydrogen) atoms. The molecule has 0 atom stereocenters. The third kappa shape index (κ3) is 4.13. The Morgan fingerprint density at radius 1 is 0.714 bits per heavy atom. The second kappa shape index (κ2) is 6.24. The molecule has 0 N–H and O–H groups in total. The summed E-state index contributed by atoms with van der Waals surface area (Å²) in [4.78, 5) is 0. The first-order chi connectivity index (χ1) is 5.06. The molecular formula is C4H4F8Na2. The molecule has 78 valence electrons. The molecule has 0 rings (SSSR count). The monoisotopic (exact) mass is 250 g/mol. The quantitative estimate of drug-likeness (QED) is 0.514. The molecule has 0 nitrogen and oxygen atoms in total. The standard InChI is InChI=1S/C4H2F8.2Na.2H/c5-1-2(6,7)3(8,9)4(10,11)12;;;;/h1H2;;;;. The van der Waals surface area contributed by atoms with E-state index in [-0.39, 0.29) is 59.1 Å². The first-order valence-electron chi connectivity index (χ1n) is 2.44. The molecule has 0 heterocycles. The molecule has 0 spiro atoms. The van der Waals surface area contributed by atoms with Crippen molar-refractivity contribution in [2.45, 2.75) is 18.0 Å². The molecule has 0 unspecified atom stereocenters. The summed E-state index contributed by atoms with van der Waals surface area (Å²) in [7, 11) is 0. The molecule has 0 aliphatic carbocycles. The van der Waals surface area contributed by atoms with E-state index in [9.17, 15) is 35.1 Å². The van der Waals surface area contributed by atoms with Gasteiger partial charge in [0.1, 0.15) is 0 Å². The number of hydrogen-bond acceptors (Lipinski definition) is 0. The van der Waals surface area contributed by atoms with Crippen molar-refractivity contribution in [3.63, 3.8) is 0 Å². The molecule has 0 fully saturated rings. The van der Waals surface area contributed by atoms with Gasteiger partial charge in [-0.25, -0.2) is 4.39 Å². The third-order valence-corrected chi connectivity index (χ3v) is 0.983. The van der Waals surface area contributed by atoms with Gasteiger partial charge in [-0.05, 0) is 0 Å². The van der Waals surface area contributed by atoms with E-state index >= 15 is 0 Å². The SMILES string of the molecule is FCC(F)(F)C(F)(F)C(F)(F)F.[NaH].[NaH]. The average molecular weight is 250 g/mol. The van der Waals surface area contributed by atoms with E-state index in [1.807, 2.05) is 0 Å². The van der Waals surface area contributed by atoms with Crippen LogP contribution < -0.4 is 0 Å². The van der Waals surface area contributed by atoms with Gasteiger partial charge in [0, 0.05) is 0 Å². The van der Waals surface area contributed by atoms with Gasteiger partial charge in [-0.2, -0.15) is 30.7 Å². The molecule has 0 amide bonds. The van der Waals surface area contributed by atoms with Gasteiger partial charge in [0.25, 0.3) is 0 Å². The Hall–Kier alpha value is 1.44. The van der Waals surface area contributed by atoms with Crippen LogP contribution in [-0.4, -0.2) is 83.8 Å². The van der Waals surface area contributed by atoms with Crippen LogP contribution >= 0.6 is 0 Å². The average Bonchev–Trinajstić information content (AvgIpc) is 1.85. The van der Waals surface area contributed by atoms with E-state index in [0.717, 1.165) is 0 Å². The Labute approximate surface area is 118 Å². The Kier molecular flexibility index (Phi) is 9.28. The number of rotatable bonds is 2. The summed E-state index contributed by atoms with van der Waals surface area (Å²) in [5.41, 5.74) is 0. The predicted molar refractivity (Wildman–Crippen MR) is 36.2 cm³/mol. The normalized spacial score (nSPS) is 12.9. The zero-order valence-electron chi connectivity index (χ0n) is 5.23. The number of hydrogen-bond donors (Lipinski definition) is 0. The molecule has 0 radical (unpaired) electrons. The van der Waals surface area contributed by atoms with Crippen molar-refractivity contribution in [2.75, 3.05) is 6.67 Å². The Bertz CT molecular complexity index is 163. The molecular weight excluding hydrogens is 246 g/mol. The van der Waals surface area contributed by atoms with E-state index < -0.39 is 24.7 Å². The maximum absolute atomic E-state index is 11.6. The first kappa shape index (κ1) is 20.8. The Morgan fingerprint density at radius 3 is 1.07 bits per heavy atom. The molecule has 0 saturated carbocycles. The number of alkyl halides is 8. The second-order valence-electron chi connectivity index (χ2n) is 1.91. The van der Waals surface area contributed by atoms with Crippen LogP contribution in [0.2, 0.25) is 0 Å². The van der Waals surface area contributed by atoms with E-state index in [1.54, 1.807) is 0 Å². The topological polar surface area (TPSA) is 0 Å². The van der Waals surface area contributed by atoms with Crippen LogP contribution in [0.3, 0.4) is 0 Å². The first-order valence-corrected chi connectivity index (χ1v) is 2.44. The van der Waals surface area contributed by atoms with Crippen molar-refractivity contribution in [3.05, 3.63) is 0 Å². The van der Waals surface area contributed by atoms with E-state index in [0.29, 0.717) is 0 Å². The van der Waals surface area contributed by atoms with Crippen LogP contribution in [0.15, 0.2) is 0 Å². The van der Waals surface area contributed by atoms with E-state index in [1.165, 1.54) is 0 Å². The van der Waals surface area contributed by atoms with Crippen LogP contribution in [0, 0.1) is 0 Å². The van der Waals surface area contributed by atoms with E-state index in [4.69, 9.17) is 0 Å². The van der Waals surface area contributed by atoms with Gasteiger partial charge in [0.05, 0.1) is 0 Å². The molecule has 0 aliphatic rings. The van der Waals surface area contributed by atoms with Crippen molar-refractivity contribution >= 4 is 59.1 Å². The summed E-state index contributed by atoms with van der Waals surface area (Å²) < 4.78 is 90.8. The molecule has 0 aliphatic heterocycles. The Morgan fingerprint density at radius 2 is 1.00 bits per heavy atom. The van der Waals surface area contributed by atoms with Crippen LogP contribution in [0.25, 0.3) is 0 Å². The zero-order chi connectivity index (χ0) is 10.2. The van der Waals surface area contributed by atoms with Gasteiger partial charge in [0.2, 0.25) is 0 Å². The van der Waals surface area contributed by atoms with Crippen molar-refractivity contribution in [2.24, 2.45) is 0 Å². The summed E-state index contributed by atoms with van der Waals surface area (Å²) in [6.07, 6.45) is -6.44. The molecule has 0 aromatic rings. The van der Waals surface area contributed by atoms with Crippen LogP contribution in [-0.2, 0) is 0 Å². The summed E-state index contributed by atoms with van der Waals surface area (Å²) >= 11 is 0. The molecule has 0 aromatic heterocycles. The zero-order valence-corrected chi connectivity index (χ0v) is 5.23. The van der Waals surface area contributed by atoms with Gasteiger partial charge >= 0.3 is 77.1 Å². The fraction of sp³-hybridized carbons (Fsp3) is 1.00. The Balaban J connectivity index is -0.000000605. The van der Waals surface area contributed by atoms with Crippen LogP contribution in [0.5, 0.6) is 0 Å². The van der Waals surface area contributed by atoms with Gasteiger partial charge in [0.15, 0.2) is 6.67 Å². The van der Waals surface area contributed by atoms with Gasteiger partial charge in [-0.1, -0.05) is 0 Å². The minimum absolute atomic E-state index is 0.